The molecule has 4 heteroatoms. The Hall–Kier alpha value is -2.87. The summed E-state index contributed by atoms with van der Waals surface area (Å²) in [6, 6.07) is 30.0. The molecule has 0 aliphatic heterocycles. The Morgan fingerprint density at radius 2 is 1.05 bits per heavy atom. The zero-order valence-electron chi connectivity index (χ0n) is 23.7. The van der Waals surface area contributed by atoms with Crippen LogP contribution in [0.1, 0.15) is 78.5 Å². The molecular weight excluding hydrogens is 511 g/mol. The molecule has 4 aromatic carbocycles. The molecule has 0 aliphatic rings. The van der Waals surface area contributed by atoms with Crippen LogP contribution in [0.2, 0.25) is 0 Å². The van der Waals surface area contributed by atoms with Crippen LogP contribution in [-0.4, -0.2) is 19.4 Å². The predicted octanol–water partition coefficient (Wildman–Crippen LogP) is 8.24. The van der Waals surface area contributed by atoms with E-state index in [2.05, 4.69) is 113 Å². The SMILES string of the molecule is CCCCc1cc(C)cc(P([Si]C(c2ccccc2)c2ccccc2)c2cc(C)cc(CCCC)c2O)c1O. The third kappa shape index (κ3) is 7.21. The van der Waals surface area contributed by atoms with Gasteiger partial charge in [0, 0.05) is 16.2 Å². The lowest BCUT2D eigenvalue weighted by Gasteiger charge is -2.28. The summed E-state index contributed by atoms with van der Waals surface area (Å²) in [7, 11) is -0.594. The molecule has 0 saturated heterocycles. The van der Waals surface area contributed by atoms with E-state index in [1.807, 2.05) is 0 Å². The Morgan fingerprint density at radius 1 is 0.641 bits per heavy atom. The molecule has 0 aliphatic carbocycles. The van der Waals surface area contributed by atoms with E-state index < -0.39 is 7.47 Å². The molecule has 4 aromatic rings. The topological polar surface area (TPSA) is 40.5 Å². The average Bonchev–Trinajstić information content (AvgIpc) is 2.95. The van der Waals surface area contributed by atoms with Crippen LogP contribution < -0.4 is 10.6 Å². The first-order valence-electron chi connectivity index (χ1n) is 14.2. The van der Waals surface area contributed by atoms with Gasteiger partial charge in [0.25, 0.3) is 0 Å². The van der Waals surface area contributed by atoms with Crippen molar-refractivity contribution >= 4 is 27.3 Å². The van der Waals surface area contributed by atoms with Gasteiger partial charge >= 0.3 is 0 Å². The van der Waals surface area contributed by atoms with Crippen molar-refractivity contribution < 1.29 is 10.2 Å². The van der Waals surface area contributed by atoms with Crippen LogP contribution in [0.3, 0.4) is 0 Å². The molecule has 2 radical (unpaired) electrons. The Bertz CT molecular complexity index is 1250. The van der Waals surface area contributed by atoms with Gasteiger partial charge < -0.3 is 10.2 Å². The highest BCUT2D eigenvalue weighted by atomic mass is 31.4. The van der Waals surface area contributed by atoms with E-state index in [9.17, 15) is 10.2 Å². The van der Waals surface area contributed by atoms with E-state index in [0.717, 1.165) is 60.3 Å². The van der Waals surface area contributed by atoms with Gasteiger partial charge in [0.1, 0.15) is 20.7 Å². The molecule has 0 spiro atoms. The number of hydrogen-bond acceptors (Lipinski definition) is 2. The maximum Gasteiger partial charge on any atom is 0.126 e. The van der Waals surface area contributed by atoms with Gasteiger partial charge in [-0.05, 0) is 85.0 Å². The molecule has 0 fully saturated rings. The first-order chi connectivity index (χ1) is 18.9. The van der Waals surface area contributed by atoms with Gasteiger partial charge in [-0.15, -0.1) is 0 Å². The van der Waals surface area contributed by atoms with Crippen molar-refractivity contribution in [1.82, 2.24) is 0 Å². The van der Waals surface area contributed by atoms with Gasteiger partial charge in [-0.2, -0.15) is 0 Å². The number of phenolic OH excluding ortho intramolecular Hbond substituents is 2. The second-order valence-corrected chi connectivity index (χ2v) is 15.1. The fraction of sp³-hybridized carbons (Fsp3) is 0.314. The maximum atomic E-state index is 11.7. The summed E-state index contributed by atoms with van der Waals surface area (Å²) in [5.41, 5.74) is 7.09. The van der Waals surface area contributed by atoms with E-state index in [0.29, 0.717) is 20.7 Å². The fourth-order valence-electron chi connectivity index (χ4n) is 5.15. The summed E-state index contributed by atoms with van der Waals surface area (Å²) in [4.78, 5) is 0. The molecular formula is C35H41O2PSi. The smallest absolute Gasteiger partial charge is 0.126 e. The Morgan fingerprint density at radius 3 is 1.44 bits per heavy atom. The Kier molecular flexibility index (Phi) is 10.4. The lowest BCUT2D eigenvalue weighted by molar-refractivity contribution is 0.470. The largest absolute Gasteiger partial charge is 0.507 e. The highest BCUT2D eigenvalue weighted by molar-refractivity contribution is 7.97. The first kappa shape index (κ1) is 29.1. The normalized spacial score (nSPS) is 11.4. The minimum absolute atomic E-state index is 0.163. The van der Waals surface area contributed by atoms with Crippen molar-refractivity contribution in [2.45, 2.75) is 71.8 Å². The van der Waals surface area contributed by atoms with E-state index >= 15 is 0 Å². The van der Waals surface area contributed by atoms with Crippen molar-refractivity contribution in [2.24, 2.45) is 0 Å². The van der Waals surface area contributed by atoms with Crippen molar-refractivity contribution in [3.63, 3.8) is 0 Å². The molecule has 202 valence electrons. The lowest BCUT2D eigenvalue weighted by atomic mass is 10.0. The van der Waals surface area contributed by atoms with Gasteiger partial charge in [0.05, 0.1) is 0 Å². The molecule has 4 rings (SSSR count). The lowest BCUT2D eigenvalue weighted by Crippen LogP contribution is -2.23. The molecule has 0 aromatic heterocycles. The van der Waals surface area contributed by atoms with E-state index in [4.69, 9.17) is 0 Å². The summed E-state index contributed by atoms with van der Waals surface area (Å²) in [5, 5.41) is 25.5. The highest BCUT2D eigenvalue weighted by Crippen LogP contribution is 2.45. The number of aromatic hydroxyl groups is 2. The third-order valence-electron chi connectivity index (χ3n) is 7.23. The average molecular weight is 553 g/mol. The van der Waals surface area contributed by atoms with E-state index in [1.54, 1.807) is 0 Å². The maximum absolute atomic E-state index is 11.7. The summed E-state index contributed by atoms with van der Waals surface area (Å²) >= 11 is 0. The summed E-state index contributed by atoms with van der Waals surface area (Å²) in [6.07, 6.45) is 6.00. The van der Waals surface area contributed by atoms with Crippen LogP contribution in [0, 0.1) is 13.8 Å². The number of benzene rings is 4. The van der Waals surface area contributed by atoms with Crippen LogP contribution in [-0.2, 0) is 12.8 Å². The quantitative estimate of drug-likeness (QED) is 0.137. The summed E-state index contributed by atoms with van der Waals surface area (Å²) < 4.78 is 0. The van der Waals surface area contributed by atoms with Crippen molar-refractivity contribution in [3.05, 3.63) is 118 Å². The van der Waals surface area contributed by atoms with Crippen molar-refractivity contribution in [1.29, 1.82) is 0 Å². The molecule has 0 saturated carbocycles. The second kappa shape index (κ2) is 14.0. The van der Waals surface area contributed by atoms with Gasteiger partial charge in [0.2, 0.25) is 0 Å². The Balaban J connectivity index is 1.92. The van der Waals surface area contributed by atoms with Crippen molar-refractivity contribution in [3.8, 4) is 11.5 Å². The third-order valence-corrected chi connectivity index (χ3v) is 13.1. The van der Waals surface area contributed by atoms with Crippen LogP contribution in [0.25, 0.3) is 0 Å². The van der Waals surface area contributed by atoms with E-state index in [-0.39, 0.29) is 5.54 Å². The van der Waals surface area contributed by atoms with Crippen LogP contribution in [0.5, 0.6) is 11.5 Å². The zero-order valence-corrected chi connectivity index (χ0v) is 25.6. The van der Waals surface area contributed by atoms with Gasteiger partial charge in [-0.1, -0.05) is 107 Å². The Labute approximate surface area is 238 Å². The molecule has 0 bridgehead atoms. The minimum Gasteiger partial charge on any atom is -0.507 e. The highest BCUT2D eigenvalue weighted by Gasteiger charge is 2.29. The number of unbranched alkanes of at least 4 members (excludes halogenated alkanes) is 2. The standard InChI is InChI=1S/C35H41O2PSi/c1-5-7-15-29-21-25(3)23-31(33(29)36)38(32-24-26(4)22-30(34(32)37)16-8-6-2)39-35(27-17-11-9-12-18-27)28-19-13-10-14-20-28/h9-14,17-24,35-37H,5-8,15-16H2,1-4H3. The van der Waals surface area contributed by atoms with Crippen LogP contribution >= 0.6 is 7.47 Å². The molecule has 0 unspecified atom stereocenters. The number of rotatable bonds is 12. The summed E-state index contributed by atoms with van der Waals surface area (Å²) in [5.74, 6) is 0.840. The predicted molar refractivity (Wildman–Crippen MR) is 170 cm³/mol. The monoisotopic (exact) mass is 552 g/mol. The number of hydrogen-bond donors (Lipinski definition) is 2. The van der Waals surface area contributed by atoms with Crippen molar-refractivity contribution in [2.75, 3.05) is 0 Å². The fourth-order valence-corrected chi connectivity index (χ4v) is 11.5. The second-order valence-electron chi connectivity index (χ2n) is 10.5. The molecule has 39 heavy (non-hydrogen) atoms. The van der Waals surface area contributed by atoms with Crippen LogP contribution in [0.4, 0.5) is 0 Å². The molecule has 0 heterocycles. The van der Waals surface area contributed by atoms with Gasteiger partial charge in [-0.25, -0.2) is 0 Å². The molecule has 2 nitrogen and oxygen atoms in total. The van der Waals surface area contributed by atoms with Gasteiger partial charge in [0.15, 0.2) is 0 Å². The number of phenols is 2. The zero-order chi connectivity index (χ0) is 27.8. The number of aryl methyl sites for hydroxylation is 4. The molecule has 0 amide bonds. The first-order valence-corrected chi connectivity index (χ1v) is 17.5. The molecule has 2 N–H and O–H groups in total. The minimum atomic E-state index is -1.05. The van der Waals surface area contributed by atoms with Gasteiger partial charge in [-0.3, -0.25) is 0 Å². The van der Waals surface area contributed by atoms with Crippen LogP contribution in [0.15, 0.2) is 84.9 Å². The molecule has 0 atom stereocenters. The summed E-state index contributed by atoms with van der Waals surface area (Å²) in [6.45, 7) is 8.64. The van der Waals surface area contributed by atoms with E-state index in [1.165, 1.54) is 22.3 Å².